The van der Waals surface area contributed by atoms with E-state index in [1.807, 2.05) is 30.3 Å². The molecule has 28 heavy (non-hydrogen) atoms. The van der Waals surface area contributed by atoms with E-state index in [1.54, 1.807) is 42.6 Å². The van der Waals surface area contributed by atoms with Crippen molar-refractivity contribution in [3.63, 3.8) is 0 Å². The number of ether oxygens (including phenoxy) is 1. The van der Waals surface area contributed by atoms with Crippen molar-refractivity contribution in [3.8, 4) is 5.75 Å². The van der Waals surface area contributed by atoms with Gasteiger partial charge in [0.05, 0.1) is 6.21 Å². The molecule has 0 aliphatic heterocycles. The largest absolute Gasteiger partial charge is 0.489 e. The first kappa shape index (κ1) is 20.2. The zero-order valence-electron chi connectivity index (χ0n) is 14.5. The SMILES string of the molecule is O=C(N/N=C/c1ccc(OCc2ccc(Cl)cc2Cl)cc1)c1ccc(Cl)cc1. The molecule has 0 bridgehead atoms. The Kier molecular flexibility index (Phi) is 6.93. The average Bonchev–Trinajstić information content (AvgIpc) is 2.69. The predicted molar refractivity (Wildman–Crippen MR) is 114 cm³/mol. The van der Waals surface area contributed by atoms with Gasteiger partial charge in [0.2, 0.25) is 0 Å². The molecule has 142 valence electrons. The number of carbonyl (C=O) groups excluding carboxylic acids is 1. The van der Waals surface area contributed by atoms with Crippen LogP contribution in [0.2, 0.25) is 15.1 Å². The fraction of sp³-hybridized carbons (Fsp3) is 0.0476. The van der Waals surface area contributed by atoms with E-state index in [1.165, 1.54) is 0 Å². The van der Waals surface area contributed by atoms with Gasteiger partial charge in [-0.1, -0.05) is 40.9 Å². The molecular formula is C21H15Cl3N2O2. The third-order valence-electron chi connectivity index (χ3n) is 3.78. The maximum absolute atomic E-state index is 12.0. The highest BCUT2D eigenvalue weighted by Crippen LogP contribution is 2.22. The molecule has 0 radical (unpaired) electrons. The highest BCUT2D eigenvalue weighted by Gasteiger charge is 2.04. The quantitative estimate of drug-likeness (QED) is 0.383. The Labute approximate surface area is 177 Å². The summed E-state index contributed by atoms with van der Waals surface area (Å²) in [5.74, 6) is 0.376. The molecule has 3 aromatic rings. The van der Waals surface area contributed by atoms with Gasteiger partial charge in [-0.25, -0.2) is 5.43 Å². The summed E-state index contributed by atoms with van der Waals surface area (Å²) >= 11 is 17.8. The molecule has 0 atom stereocenters. The molecule has 0 heterocycles. The second-order valence-electron chi connectivity index (χ2n) is 5.80. The van der Waals surface area contributed by atoms with Crippen LogP contribution in [-0.4, -0.2) is 12.1 Å². The first-order valence-corrected chi connectivity index (χ1v) is 9.40. The van der Waals surface area contributed by atoms with Crippen LogP contribution in [0.5, 0.6) is 5.75 Å². The number of nitrogens with zero attached hydrogens (tertiary/aromatic N) is 1. The van der Waals surface area contributed by atoms with Gasteiger partial charge in [-0.05, 0) is 66.2 Å². The third-order valence-corrected chi connectivity index (χ3v) is 4.61. The van der Waals surface area contributed by atoms with Crippen molar-refractivity contribution in [2.45, 2.75) is 6.61 Å². The molecule has 0 aliphatic carbocycles. The number of hydrogen-bond donors (Lipinski definition) is 1. The van der Waals surface area contributed by atoms with E-state index < -0.39 is 0 Å². The Morgan fingerprint density at radius 1 is 0.929 bits per heavy atom. The number of hydrazone groups is 1. The number of halogens is 3. The second kappa shape index (κ2) is 9.60. The van der Waals surface area contributed by atoms with Gasteiger partial charge in [0.1, 0.15) is 12.4 Å². The molecule has 0 saturated heterocycles. The zero-order chi connectivity index (χ0) is 19.9. The van der Waals surface area contributed by atoms with E-state index in [9.17, 15) is 4.79 Å². The maximum Gasteiger partial charge on any atom is 0.271 e. The topological polar surface area (TPSA) is 50.7 Å². The molecule has 3 aromatic carbocycles. The number of rotatable bonds is 6. The van der Waals surface area contributed by atoms with Gasteiger partial charge in [-0.3, -0.25) is 4.79 Å². The Morgan fingerprint density at radius 2 is 1.61 bits per heavy atom. The fourth-order valence-corrected chi connectivity index (χ4v) is 2.87. The lowest BCUT2D eigenvalue weighted by Crippen LogP contribution is -2.17. The number of benzene rings is 3. The van der Waals surface area contributed by atoms with Gasteiger partial charge in [0.15, 0.2) is 0 Å². The molecule has 0 spiro atoms. The highest BCUT2D eigenvalue weighted by molar-refractivity contribution is 6.35. The van der Waals surface area contributed by atoms with Crippen LogP contribution in [0, 0.1) is 0 Å². The van der Waals surface area contributed by atoms with Crippen molar-refractivity contribution in [1.82, 2.24) is 5.43 Å². The van der Waals surface area contributed by atoms with Crippen LogP contribution in [-0.2, 0) is 6.61 Å². The van der Waals surface area contributed by atoms with E-state index in [2.05, 4.69) is 10.5 Å². The van der Waals surface area contributed by atoms with Crippen LogP contribution < -0.4 is 10.2 Å². The fourth-order valence-electron chi connectivity index (χ4n) is 2.28. The van der Waals surface area contributed by atoms with Crippen LogP contribution in [0.1, 0.15) is 21.5 Å². The van der Waals surface area contributed by atoms with Crippen molar-refractivity contribution < 1.29 is 9.53 Å². The van der Waals surface area contributed by atoms with Crippen molar-refractivity contribution in [3.05, 3.63) is 98.5 Å². The van der Waals surface area contributed by atoms with E-state index in [-0.39, 0.29) is 5.91 Å². The number of carbonyl (C=O) groups is 1. The number of hydrogen-bond acceptors (Lipinski definition) is 3. The van der Waals surface area contributed by atoms with Gasteiger partial charge in [-0.2, -0.15) is 5.10 Å². The minimum atomic E-state index is -0.312. The van der Waals surface area contributed by atoms with Crippen LogP contribution in [0.25, 0.3) is 0 Å². The lowest BCUT2D eigenvalue weighted by molar-refractivity contribution is 0.0955. The molecule has 0 unspecified atom stereocenters. The monoisotopic (exact) mass is 432 g/mol. The first-order valence-electron chi connectivity index (χ1n) is 8.27. The molecule has 0 fully saturated rings. The van der Waals surface area contributed by atoms with Crippen LogP contribution in [0.3, 0.4) is 0 Å². The summed E-state index contributed by atoms with van der Waals surface area (Å²) in [5.41, 5.74) is 4.61. The van der Waals surface area contributed by atoms with Crippen LogP contribution in [0.15, 0.2) is 71.8 Å². The minimum Gasteiger partial charge on any atom is -0.489 e. The normalized spacial score (nSPS) is 10.8. The third kappa shape index (κ3) is 5.73. The van der Waals surface area contributed by atoms with Crippen molar-refractivity contribution in [1.29, 1.82) is 0 Å². The Morgan fingerprint density at radius 3 is 2.29 bits per heavy atom. The van der Waals surface area contributed by atoms with Crippen molar-refractivity contribution in [2.24, 2.45) is 5.10 Å². The van der Waals surface area contributed by atoms with Crippen molar-refractivity contribution >= 4 is 46.9 Å². The molecule has 0 aromatic heterocycles. The molecule has 1 amide bonds. The Hall–Kier alpha value is -2.53. The summed E-state index contributed by atoms with van der Waals surface area (Å²) in [6, 6.07) is 19.1. The summed E-state index contributed by atoms with van der Waals surface area (Å²) < 4.78 is 5.73. The Bertz CT molecular complexity index is 988. The van der Waals surface area contributed by atoms with Gasteiger partial charge in [0, 0.05) is 26.2 Å². The van der Waals surface area contributed by atoms with Gasteiger partial charge >= 0.3 is 0 Å². The molecule has 4 nitrogen and oxygen atoms in total. The summed E-state index contributed by atoms with van der Waals surface area (Å²) in [6.45, 7) is 0.334. The van der Waals surface area contributed by atoms with E-state index >= 15 is 0 Å². The Balaban J connectivity index is 1.53. The van der Waals surface area contributed by atoms with Crippen LogP contribution >= 0.6 is 34.8 Å². The maximum atomic E-state index is 12.0. The average molecular weight is 434 g/mol. The second-order valence-corrected chi connectivity index (χ2v) is 7.08. The van der Waals surface area contributed by atoms with E-state index in [0.29, 0.717) is 33.0 Å². The zero-order valence-corrected chi connectivity index (χ0v) is 16.8. The molecule has 3 rings (SSSR count). The molecule has 7 heteroatoms. The minimum absolute atomic E-state index is 0.312. The van der Waals surface area contributed by atoms with Gasteiger partial charge in [0.25, 0.3) is 5.91 Å². The highest BCUT2D eigenvalue weighted by atomic mass is 35.5. The van der Waals surface area contributed by atoms with Crippen molar-refractivity contribution in [2.75, 3.05) is 0 Å². The summed E-state index contributed by atoms with van der Waals surface area (Å²) in [6.07, 6.45) is 1.55. The molecule has 0 aliphatic rings. The standard InChI is InChI=1S/C21H15Cl3N2O2/c22-17-6-3-15(4-7-17)21(27)26-25-12-14-1-9-19(10-2-14)28-13-16-5-8-18(23)11-20(16)24/h1-12H,13H2,(H,26,27)/b25-12+. The lowest BCUT2D eigenvalue weighted by Gasteiger charge is -2.08. The first-order chi connectivity index (χ1) is 13.5. The molecule has 1 N–H and O–H groups in total. The molecular weight excluding hydrogens is 419 g/mol. The number of nitrogens with one attached hydrogen (secondary N) is 1. The smallest absolute Gasteiger partial charge is 0.271 e. The summed E-state index contributed by atoms with van der Waals surface area (Å²) in [4.78, 5) is 12.0. The van der Waals surface area contributed by atoms with Crippen LogP contribution in [0.4, 0.5) is 0 Å². The predicted octanol–water partition coefficient (Wildman–Crippen LogP) is 5.99. The lowest BCUT2D eigenvalue weighted by atomic mass is 10.2. The van der Waals surface area contributed by atoms with E-state index in [4.69, 9.17) is 39.5 Å². The summed E-state index contributed by atoms with van der Waals surface area (Å²) in [5, 5.41) is 5.67. The van der Waals surface area contributed by atoms with Gasteiger partial charge in [-0.15, -0.1) is 0 Å². The summed E-state index contributed by atoms with van der Waals surface area (Å²) in [7, 11) is 0. The number of amides is 1. The molecule has 0 saturated carbocycles. The van der Waals surface area contributed by atoms with Gasteiger partial charge < -0.3 is 4.74 Å². The van der Waals surface area contributed by atoms with E-state index in [0.717, 1.165) is 11.1 Å².